The number of halogens is 1. The van der Waals surface area contributed by atoms with E-state index in [9.17, 15) is 14.0 Å². The second kappa shape index (κ2) is 7.56. The van der Waals surface area contributed by atoms with Gasteiger partial charge < -0.3 is 15.0 Å². The van der Waals surface area contributed by atoms with Gasteiger partial charge in [0.15, 0.2) is 0 Å². The number of nitrogens with zero attached hydrogens (tertiary/aromatic N) is 1. The Labute approximate surface area is 151 Å². The van der Waals surface area contributed by atoms with E-state index in [4.69, 9.17) is 4.74 Å². The number of amides is 2. The van der Waals surface area contributed by atoms with Crippen LogP contribution in [-0.2, 0) is 9.59 Å². The lowest BCUT2D eigenvalue weighted by atomic mass is 10.0. The maximum absolute atomic E-state index is 13.3. The van der Waals surface area contributed by atoms with Crippen LogP contribution in [0.2, 0.25) is 0 Å². The number of hydrogen-bond acceptors (Lipinski definition) is 3. The Balaban J connectivity index is 1.67. The van der Waals surface area contributed by atoms with Crippen molar-refractivity contribution in [2.75, 3.05) is 18.6 Å². The third-order valence-electron chi connectivity index (χ3n) is 4.57. The molecule has 5 nitrogen and oxygen atoms in total. The molecule has 136 valence electrons. The lowest BCUT2D eigenvalue weighted by molar-refractivity contribution is -0.126. The third-order valence-corrected chi connectivity index (χ3v) is 4.57. The van der Waals surface area contributed by atoms with Crippen LogP contribution >= 0.6 is 0 Å². The van der Waals surface area contributed by atoms with E-state index < -0.39 is 5.92 Å². The van der Waals surface area contributed by atoms with Crippen LogP contribution in [0.1, 0.15) is 24.9 Å². The van der Waals surface area contributed by atoms with Crippen molar-refractivity contribution in [1.29, 1.82) is 0 Å². The number of nitrogens with one attached hydrogen (secondary N) is 1. The molecule has 1 saturated heterocycles. The first-order valence-corrected chi connectivity index (χ1v) is 8.48. The minimum Gasteiger partial charge on any atom is -0.497 e. The molecule has 0 aliphatic carbocycles. The highest BCUT2D eigenvalue weighted by Gasteiger charge is 2.35. The van der Waals surface area contributed by atoms with E-state index in [0.717, 1.165) is 0 Å². The molecule has 2 unspecified atom stereocenters. The second-order valence-corrected chi connectivity index (χ2v) is 6.39. The number of anilines is 1. The molecule has 2 atom stereocenters. The van der Waals surface area contributed by atoms with E-state index in [0.29, 0.717) is 23.5 Å². The fraction of sp³-hybridized carbons (Fsp3) is 0.300. The lowest BCUT2D eigenvalue weighted by Crippen LogP contribution is -2.34. The van der Waals surface area contributed by atoms with E-state index >= 15 is 0 Å². The molecule has 2 aromatic rings. The van der Waals surface area contributed by atoms with Crippen molar-refractivity contribution in [2.45, 2.75) is 19.4 Å². The molecular weight excluding hydrogens is 335 g/mol. The molecular formula is C20H21FN2O3. The highest BCUT2D eigenvalue weighted by Crippen LogP contribution is 2.28. The summed E-state index contributed by atoms with van der Waals surface area (Å²) < 4.78 is 18.5. The van der Waals surface area contributed by atoms with Gasteiger partial charge in [-0.3, -0.25) is 9.59 Å². The zero-order valence-electron chi connectivity index (χ0n) is 14.7. The van der Waals surface area contributed by atoms with Crippen LogP contribution in [0.5, 0.6) is 5.75 Å². The van der Waals surface area contributed by atoms with Crippen LogP contribution in [0.15, 0.2) is 48.5 Å². The van der Waals surface area contributed by atoms with E-state index in [-0.39, 0.29) is 30.1 Å². The quantitative estimate of drug-likeness (QED) is 0.896. The molecule has 0 aromatic heterocycles. The average molecular weight is 356 g/mol. The molecule has 1 fully saturated rings. The lowest BCUT2D eigenvalue weighted by Gasteiger charge is -2.19. The number of carbonyl (C=O) groups excluding carboxylic acids is 2. The fourth-order valence-electron chi connectivity index (χ4n) is 3.10. The van der Waals surface area contributed by atoms with Crippen LogP contribution in [-0.4, -0.2) is 25.5 Å². The Morgan fingerprint density at radius 2 is 2.04 bits per heavy atom. The van der Waals surface area contributed by atoms with Gasteiger partial charge in [-0.1, -0.05) is 18.2 Å². The molecule has 1 aliphatic rings. The molecule has 0 bridgehead atoms. The number of rotatable bonds is 5. The monoisotopic (exact) mass is 356 g/mol. The van der Waals surface area contributed by atoms with E-state index in [2.05, 4.69) is 5.32 Å². The zero-order valence-corrected chi connectivity index (χ0v) is 14.7. The molecule has 0 spiro atoms. The summed E-state index contributed by atoms with van der Waals surface area (Å²) in [5.41, 5.74) is 1.40. The Bertz CT molecular complexity index is 824. The highest BCUT2D eigenvalue weighted by atomic mass is 19.1. The van der Waals surface area contributed by atoms with E-state index in [1.165, 1.54) is 12.1 Å². The summed E-state index contributed by atoms with van der Waals surface area (Å²) in [4.78, 5) is 26.5. The topological polar surface area (TPSA) is 58.6 Å². The molecule has 1 N–H and O–H groups in total. The van der Waals surface area contributed by atoms with Gasteiger partial charge in [0.05, 0.1) is 19.1 Å². The minimum atomic E-state index is -0.440. The average Bonchev–Trinajstić information content (AvgIpc) is 3.03. The third kappa shape index (κ3) is 3.85. The standard InChI is InChI=1S/C20H21FN2O3/c1-13(14-5-3-6-16(21)9-14)22-20(25)15-10-19(24)23(12-15)17-7-4-8-18(11-17)26-2/h3-9,11,13,15H,10,12H2,1-2H3,(H,22,25). The summed E-state index contributed by atoms with van der Waals surface area (Å²) in [6.45, 7) is 2.11. The summed E-state index contributed by atoms with van der Waals surface area (Å²) in [5, 5.41) is 2.87. The maximum Gasteiger partial charge on any atom is 0.227 e. The fourth-order valence-corrected chi connectivity index (χ4v) is 3.10. The number of methoxy groups -OCH3 is 1. The van der Waals surface area contributed by atoms with Gasteiger partial charge in [-0.25, -0.2) is 4.39 Å². The predicted octanol–water partition coefficient (Wildman–Crippen LogP) is 3.06. The van der Waals surface area contributed by atoms with Gasteiger partial charge in [-0.2, -0.15) is 0 Å². The van der Waals surface area contributed by atoms with E-state index in [1.54, 1.807) is 49.3 Å². The van der Waals surface area contributed by atoms with Crippen molar-refractivity contribution in [3.8, 4) is 5.75 Å². The van der Waals surface area contributed by atoms with Crippen LogP contribution < -0.4 is 15.0 Å². The summed E-state index contributed by atoms with van der Waals surface area (Å²) in [7, 11) is 1.56. The van der Waals surface area contributed by atoms with Crippen molar-refractivity contribution >= 4 is 17.5 Å². The zero-order chi connectivity index (χ0) is 18.7. The summed E-state index contributed by atoms with van der Waals surface area (Å²) in [6, 6.07) is 13.0. The second-order valence-electron chi connectivity index (χ2n) is 6.39. The SMILES string of the molecule is COc1cccc(N2CC(C(=O)NC(C)c3cccc(F)c3)CC2=O)c1. The van der Waals surface area contributed by atoms with Gasteiger partial charge in [-0.05, 0) is 36.8 Å². The van der Waals surface area contributed by atoms with Crippen molar-refractivity contribution in [1.82, 2.24) is 5.32 Å². The van der Waals surface area contributed by atoms with Gasteiger partial charge in [0.1, 0.15) is 11.6 Å². The van der Waals surface area contributed by atoms with Gasteiger partial charge in [0.2, 0.25) is 11.8 Å². The van der Waals surface area contributed by atoms with Gasteiger partial charge in [0, 0.05) is 24.7 Å². The largest absolute Gasteiger partial charge is 0.497 e. The van der Waals surface area contributed by atoms with Crippen molar-refractivity contribution in [3.63, 3.8) is 0 Å². The summed E-state index contributed by atoms with van der Waals surface area (Å²) in [6.07, 6.45) is 0.152. The van der Waals surface area contributed by atoms with Gasteiger partial charge in [0.25, 0.3) is 0 Å². The molecule has 3 rings (SSSR count). The van der Waals surface area contributed by atoms with Crippen LogP contribution in [0, 0.1) is 11.7 Å². The number of benzene rings is 2. The first-order valence-electron chi connectivity index (χ1n) is 8.48. The maximum atomic E-state index is 13.3. The number of hydrogen-bond donors (Lipinski definition) is 1. The smallest absolute Gasteiger partial charge is 0.227 e. The highest BCUT2D eigenvalue weighted by molar-refractivity contribution is 6.00. The Kier molecular flexibility index (Phi) is 5.21. The number of carbonyl (C=O) groups is 2. The molecule has 6 heteroatoms. The van der Waals surface area contributed by atoms with Crippen LogP contribution in [0.4, 0.5) is 10.1 Å². The van der Waals surface area contributed by atoms with E-state index in [1.807, 2.05) is 6.07 Å². The molecule has 1 heterocycles. The van der Waals surface area contributed by atoms with Crippen molar-refractivity contribution in [3.05, 3.63) is 59.9 Å². The predicted molar refractivity (Wildman–Crippen MR) is 96.4 cm³/mol. The molecule has 26 heavy (non-hydrogen) atoms. The Hall–Kier alpha value is -2.89. The molecule has 2 amide bonds. The Morgan fingerprint density at radius 1 is 1.27 bits per heavy atom. The molecule has 2 aromatic carbocycles. The summed E-state index contributed by atoms with van der Waals surface area (Å²) in [5.74, 6) is -0.436. The Morgan fingerprint density at radius 3 is 2.77 bits per heavy atom. The van der Waals surface area contributed by atoms with Crippen molar-refractivity contribution < 1.29 is 18.7 Å². The minimum absolute atomic E-state index is 0.100. The van der Waals surface area contributed by atoms with Gasteiger partial charge >= 0.3 is 0 Å². The summed E-state index contributed by atoms with van der Waals surface area (Å²) >= 11 is 0. The number of ether oxygens (including phenoxy) is 1. The first-order chi connectivity index (χ1) is 12.5. The molecule has 0 radical (unpaired) electrons. The first kappa shape index (κ1) is 17.9. The normalized spacial score (nSPS) is 17.9. The molecule has 1 aliphatic heterocycles. The van der Waals surface area contributed by atoms with Gasteiger partial charge in [-0.15, -0.1) is 0 Å². The van der Waals surface area contributed by atoms with Crippen LogP contribution in [0.25, 0.3) is 0 Å². The van der Waals surface area contributed by atoms with Crippen LogP contribution in [0.3, 0.4) is 0 Å². The molecule has 0 saturated carbocycles. The van der Waals surface area contributed by atoms with Crippen molar-refractivity contribution in [2.24, 2.45) is 5.92 Å².